The van der Waals surface area contributed by atoms with Crippen LogP contribution in [0.1, 0.15) is 117 Å². The predicted octanol–water partition coefficient (Wildman–Crippen LogP) is 6.56. The number of amides is 1. The summed E-state index contributed by atoms with van der Waals surface area (Å²) < 4.78 is 47.6. The highest BCUT2D eigenvalue weighted by Crippen LogP contribution is 2.40. The van der Waals surface area contributed by atoms with Gasteiger partial charge in [-0.1, -0.05) is 58.1 Å². The third kappa shape index (κ3) is 13.9. The number of piperidine rings is 1. The standard InChI is InChI=1S/C55H79NO15/c1-10-13-39-25-32(2)24-33(3)26-47(65-8)50-48(66-9)28-35(5)55(63,71-50)51(59)52(60)56-22-12-11-14-41(56)53(61)70-49(36(6)42(57)30-43(39)58)34(4)27-38-17-20-44(46(29-38)64-7)68-31-37-15-18-40(19-16-37)69-45-21-23-67-54(45)62/h10,15-16,18-19,25,27,32-33,35-36,38,41-42,44-50,57,63H,1,11-14,17,20-24,26,28-31H2,2-9H3/t32?,33-,35+,36+,38-,41-,42-,44?,45-,46+,47-,48-,49+,50?,55+/m0/s1. The SMILES string of the molecule is C=CCC1=CC(C)C[C@H](C)C[C@H](OC)C2O[C@@](O)(C(=O)C(=O)N3CCCC[C@H]3C(=O)O[C@H](C(C)=C[C@@H]3CCC(OCc4ccc(O[C@H]5CCOC5=O)cc4)[C@H](OC)C3)[C@H](C)[C@@H](O)CC1=O)[C@H](C)C[C@@H]2OC. The van der Waals surface area contributed by atoms with Crippen LogP contribution in [0.15, 0.2) is 60.2 Å². The smallest absolute Gasteiger partial charge is 0.347 e. The minimum atomic E-state index is -2.53. The Labute approximate surface area is 419 Å². The number of fused-ring (bicyclic) bond motifs is 3. The summed E-state index contributed by atoms with van der Waals surface area (Å²) in [5.74, 6) is -7.25. The summed E-state index contributed by atoms with van der Waals surface area (Å²) in [7, 11) is 4.71. The van der Waals surface area contributed by atoms with E-state index in [0.29, 0.717) is 81.5 Å². The number of cyclic esters (lactones) is 2. The van der Waals surface area contributed by atoms with Gasteiger partial charge in [0.25, 0.3) is 11.7 Å². The van der Waals surface area contributed by atoms with Crippen LogP contribution in [0.2, 0.25) is 0 Å². The largest absolute Gasteiger partial charge is 0.479 e. The summed E-state index contributed by atoms with van der Waals surface area (Å²) in [4.78, 5) is 70.6. The number of carbonyl (C=O) groups is 5. The number of allylic oxidation sites excluding steroid dienone is 4. The normalized spacial score (nSPS) is 36.5. The molecular formula is C55H79NO15. The number of nitrogens with zero attached hydrogens (tertiary/aromatic N) is 1. The van der Waals surface area contributed by atoms with Crippen LogP contribution in [0.4, 0.5) is 0 Å². The molecule has 3 unspecified atom stereocenters. The molecule has 4 aliphatic heterocycles. The molecule has 0 aromatic heterocycles. The Bertz CT molecular complexity index is 2070. The van der Waals surface area contributed by atoms with Gasteiger partial charge in [-0.25, -0.2) is 9.59 Å². The number of carbonyl (C=O) groups excluding carboxylic acids is 5. The van der Waals surface area contributed by atoms with Crippen LogP contribution >= 0.6 is 0 Å². The zero-order valence-corrected chi connectivity index (χ0v) is 43.1. The van der Waals surface area contributed by atoms with E-state index in [4.69, 9.17) is 37.9 Å². The molecule has 2 N–H and O–H groups in total. The number of ketones is 2. The minimum Gasteiger partial charge on any atom is -0.479 e. The van der Waals surface area contributed by atoms with E-state index in [2.05, 4.69) is 13.5 Å². The highest BCUT2D eigenvalue weighted by Gasteiger charge is 2.56. The number of Topliss-reactive ketones (excluding diaryl/α,β-unsaturated/α-hetero) is 2. The Kier molecular flexibility index (Phi) is 20.2. The van der Waals surface area contributed by atoms with Crippen molar-refractivity contribution in [1.82, 2.24) is 4.90 Å². The Balaban J connectivity index is 1.25. The molecular weight excluding hydrogens is 915 g/mol. The van der Waals surface area contributed by atoms with Crippen molar-refractivity contribution in [2.75, 3.05) is 34.5 Å². The summed E-state index contributed by atoms with van der Waals surface area (Å²) >= 11 is 0. The molecule has 1 aliphatic carbocycles. The highest BCUT2D eigenvalue weighted by molar-refractivity contribution is 6.39. The molecule has 16 nitrogen and oxygen atoms in total. The van der Waals surface area contributed by atoms with E-state index in [1.54, 1.807) is 27.0 Å². The Hall–Kier alpha value is -4.29. The molecule has 1 aromatic rings. The first-order chi connectivity index (χ1) is 33.9. The van der Waals surface area contributed by atoms with Gasteiger partial charge in [0.2, 0.25) is 5.79 Å². The lowest BCUT2D eigenvalue weighted by Gasteiger charge is -2.47. The average molecular weight is 994 g/mol. The number of rotatable bonds is 12. The predicted molar refractivity (Wildman–Crippen MR) is 262 cm³/mol. The van der Waals surface area contributed by atoms with Crippen LogP contribution in [0.3, 0.4) is 0 Å². The maximum absolute atomic E-state index is 14.6. The van der Waals surface area contributed by atoms with Gasteiger partial charge >= 0.3 is 11.9 Å². The Morgan fingerprint density at radius 3 is 2.23 bits per heavy atom. The molecule has 6 rings (SSSR count). The van der Waals surface area contributed by atoms with E-state index in [1.165, 1.54) is 19.1 Å². The lowest BCUT2D eigenvalue weighted by Crippen LogP contribution is -2.64. The number of hydrogen-bond donors (Lipinski definition) is 2. The molecule has 0 radical (unpaired) electrons. The van der Waals surface area contributed by atoms with Crippen molar-refractivity contribution in [3.63, 3.8) is 0 Å². The second-order valence-corrected chi connectivity index (χ2v) is 20.8. The number of benzene rings is 1. The highest BCUT2D eigenvalue weighted by atomic mass is 16.7. The monoisotopic (exact) mass is 994 g/mol. The van der Waals surface area contributed by atoms with Crippen molar-refractivity contribution in [2.24, 2.45) is 29.6 Å². The molecule has 1 amide bonds. The molecule has 4 fully saturated rings. The summed E-state index contributed by atoms with van der Waals surface area (Å²) in [5, 5.41) is 24.1. The molecule has 2 bridgehead atoms. The average Bonchev–Trinajstić information content (AvgIpc) is 3.77. The van der Waals surface area contributed by atoms with Crippen LogP contribution in [-0.2, 0) is 63.7 Å². The molecule has 3 saturated heterocycles. The zero-order valence-electron chi connectivity index (χ0n) is 43.1. The molecule has 4 heterocycles. The Morgan fingerprint density at radius 1 is 0.859 bits per heavy atom. The van der Waals surface area contributed by atoms with Gasteiger partial charge in [0, 0.05) is 52.6 Å². The number of ether oxygens (including phenoxy) is 8. The third-order valence-corrected chi connectivity index (χ3v) is 15.4. The van der Waals surface area contributed by atoms with Crippen molar-refractivity contribution >= 4 is 29.4 Å². The summed E-state index contributed by atoms with van der Waals surface area (Å²) in [6.45, 7) is 13.9. The fourth-order valence-electron chi connectivity index (χ4n) is 11.2. The lowest BCUT2D eigenvalue weighted by atomic mass is 9.81. The maximum Gasteiger partial charge on any atom is 0.347 e. The number of aliphatic hydroxyl groups is 2. The third-order valence-electron chi connectivity index (χ3n) is 15.4. The first kappa shape index (κ1) is 56.0. The fraction of sp³-hybridized carbons (Fsp3) is 0.691. The van der Waals surface area contributed by atoms with Crippen LogP contribution in [0, 0.1) is 29.6 Å². The molecule has 16 heteroatoms. The van der Waals surface area contributed by atoms with Gasteiger partial charge in [0.05, 0.1) is 43.7 Å². The number of esters is 2. The van der Waals surface area contributed by atoms with Gasteiger partial charge < -0.3 is 53.0 Å². The molecule has 71 heavy (non-hydrogen) atoms. The number of methoxy groups -OCH3 is 3. The van der Waals surface area contributed by atoms with Crippen molar-refractivity contribution in [1.29, 1.82) is 0 Å². The van der Waals surface area contributed by atoms with Crippen molar-refractivity contribution in [3.8, 4) is 5.75 Å². The van der Waals surface area contributed by atoms with E-state index in [1.807, 2.05) is 50.3 Å². The summed E-state index contributed by atoms with van der Waals surface area (Å²) in [5.41, 5.74) is 2.11. The molecule has 394 valence electrons. The fourth-order valence-corrected chi connectivity index (χ4v) is 11.2. The topological polar surface area (TPSA) is 203 Å². The van der Waals surface area contributed by atoms with Crippen molar-refractivity contribution in [3.05, 3.63) is 65.8 Å². The lowest BCUT2D eigenvalue weighted by molar-refractivity contribution is -0.302. The van der Waals surface area contributed by atoms with E-state index < -0.39 is 77.9 Å². The quantitative estimate of drug-likeness (QED) is 0.129. The van der Waals surface area contributed by atoms with E-state index in [9.17, 15) is 34.2 Å². The summed E-state index contributed by atoms with van der Waals surface area (Å²) in [6.07, 6.45) is 5.38. The zero-order chi connectivity index (χ0) is 51.6. The second-order valence-electron chi connectivity index (χ2n) is 20.8. The van der Waals surface area contributed by atoms with Gasteiger partial charge in [0.1, 0.15) is 24.0 Å². The maximum atomic E-state index is 14.6. The first-order valence-corrected chi connectivity index (χ1v) is 25.7. The number of hydrogen-bond acceptors (Lipinski definition) is 15. The molecule has 0 spiro atoms. The van der Waals surface area contributed by atoms with Crippen LogP contribution in [-0.4, -0.2) is 140 Å². The second kappa shape index (κ2) is 25.6. The van der Waals surface area contributed by atoms with Crippen molar-refractivity contribution < 1.29 is 72.1 Å². The van der Waals surface area contributed by atoms with Crippen molar-refractivity contribution in [2.45, 2.75) is 179 Å². The molecule has 1 saturated carbocycles. The molecule has 5 aliphatic rings. The number of aliphatic hydroxyl groups excluding tert-OH is 1. The van der Waals surface area contributed by atoms with E-state index >= 15 is 0 Å². The van der Waals surface area contributed by atoms with Crippen LogP contribution < -0.4 is 4.74 Å². The molecule has 1 aromatic carbocycles. The van der Waals surface area contributed by atoms with E-state index in [-0.39, 0.29) is 67.5 Å². The van der Waals surface area contributed by atoms with Gasteiger partial charge in [-0.15, -0.1) is 6.58 Å². The van der Waals surface area contributed by atoms with Gasteiger partial charge in [-0.05, 0) is 118 Å². The first-order valence-electron chi connectivity index (χ1n) is 25.7. The van der Waals surface area contributed by atoms with Gasteiger partial charge in [-0.3, -0.25) is 14.4 Å². The van der Waals surface area contributed by atoms with E-state index in [0.717, 1.165) is 12.0 Å². The van der Waals surface area contributed by atoms with Gasteiger partial charge in [0.15, 0.2) is 11.9 Å². The van der Waals surface area contributed by atoms with Crippen LogP contribution in [0.25, 0.3) is 0 Å². The van der Waals surface area contributed by atoms with Gasteiger partial charge in [-0.2, -0.15) is 0 Å². The van der Waals surface area contributed by atoms with Crippen LogP contribution in [0.5, 0.6) is 5.75 Å². The molecule has 15 atom stereocenters. The Morgan fingerprint density at radius 2 is 1.56 bits per heavy atom. The minimum absolute atomic E-state index is 0.0170. The summed E-state index contributed by atoms with van der Waals surface area (Å²) in [6, 6.07) is 6.24.